The second-order valence-electron chi connectivity index (χ2n) is 6.33. The summed E-state index contributed by atoms with van der Waals surface area (Å²) in [6.45, 7) is 1.74. The predicted molar refractivity (Wildman–Crippen MR) is 99.2 cm³/mol. The molecule has 2 heterocycles. The molecular weight excluding hydrogens is 362 g/mol. The number of methoxy groups -OCH3 is 1. The molecule has 1 aliphatic heterocycles. The number of hydrogen-bond donors (Lipinski definition) is 0. The summed E-state index contributed by atoms with van der Waals surface area (Å²) in [5.41, 5.74) is 1.31. The van der Waals surface area contributed by atoms with Crippen molar-refractivity contribution >= 4 is 5.97 Å². The summed E-state index contributed by atoms with van der Waals surface area (Å²) in [5, 5.41) is 3.96. The first-order valence-electron chi connectivity index (χ1n) is 8.83. The third kappa shape index (κ3) is 3.64. The highest BCUT2D eigenvalue weighted by Crippen LogP contribution is 2.33. The number of esters is 1. The Labute approximate surface area is 161 Å². The monoisotopic (exact) mass is 381 g/mol. The average molecular weight is 381 g/mol. The number of benzene rings is 2. The minimum absolute atomic E-state index is 0.0273. The van der Waals surface area contributed by atoms with E-state index in [1.54, 1.807) is 32.2 Å². The maximum atomic E-state index is 12.4. The fraction of sp³-hybridized carbons (Fsp3) is 0.238. The third-order valence-corrected chi connectivity index (χ3v) is 4.35. The van der Waals surface area contributed by atoms with Crippen LogP contribution in [0.3, 0.4) is 0 Å². The Morgan fingerprint density at radius 2 is 1.86 bits per heavy atom. The van der Waals surface area contributed by atoms with Gasteiger partial charge in [-0.25, -0.2) is 4.79 Å². The van der Waals surface area contributed by atoms with Gasteiger partial charge < -0.3 is 23.5 Å². The van der Waals surface area contributed by atoms with Gasteiger partial charge >= 0.3 is 5.97 Å². The standard InChI is InChI=1S/C21H19NO6/c1-13-20(27-18-9-4-3-8-17(18)26-13)21(23)25-12-15-11-19(28-22-15)14-6-5-7-16(10-14)24-2/h3-11,13,20H,12H2,1-2H3. The highest BCUT2D eigenvalue weighted by molar-refractivity contribution is 5.76. The van der Waals surface area contributed by atoms with Crippen molar-refractivity contribution < 1.29 is 28.3 Å². The molecule has 3 aromatic rings. The molecule has 4 rings (SSSR count). The van der Waals surface area contributed by atoms with E-state index < -0.39 is 18.2 Å². The van der Waals surface area contributed by atoms with Crippen LogP contribution in [0.1, 0.15) is 12.6 Å². The lowest BCUT2D eigenvalue weighted by Gasteiger charge is -2.30. The third-order valence-electron chi connectivity index (χ3n) is 4.35. The summed E-state index contributed by atoms with van der Waals surface area (Å²) in [6, 6.07) is 16.3. The summed E-state index contributed by atoms with van der Waals surface area (Å²) in [4.78, 5) is 12.4. The van der Waals surface area contributed by atoms with E-state index in [-0.39, 0.29) is 6.61 Å². The quantitative estimate of drug-likeness (QED) is 0.625. The van der Waals surface area contributed by atoms with Gasteiger partial charge in [0.15, 0.2) is 17.3 Å². The molecule has 0 N–H and O–H groups in total. The first-order chi connectivity index (χ1) is 13.6. The van der Waals surface area contributed by atoms with Crippen LogP contribution in [0.4, 0.5) is 0 Å². The lowest BCUT2D eigenvalue weighted by atomic mass is 10.1. The van der Waals surface area contributed by atoms with Crippen LogP contribution < -0.4 is 14.2 Å². The molecule has 1 aliphatic rings. The number of carbonyl (C=O) groups is 1. The van der Waals surface area contributed by atoms with Crippen molar-refractivity contribution in [2.75, 3.05) is 7.11 Å². The van der Waals surface area contributed by atoms with Crippen LogP contribution in [0.5, 0.6) is 17.2 Å². The van der Waals surface area contributed by atoms with Gasteiger partial charge in [-0.3, -0.25) is 0 Å². The lowest BCUT2D eigenvalue weighted by molar-refractivity contribution is -0.159. The number of hydrogen-bond acceptors (Lipinski definition) is 7. The van der Waals surface area contributed by atoms with Gasteiger partial charge in [-0.2, -0.15) is 0 Å². The first kappa shape index (κ1) is 17.9. The van der Waals surface area contributed by atoms with Crippen LogP contribution in [-0.2, 0) is 16.1 Å². The van der Waals surface area contributed by atoms with Gasteiger partial charge in [0.25, 0.3) is 0 Å². The van der Waals surface area contributed by atoms with Crippen LogP contribution >= 0.6 is 0 Å². The van der Waals surface area contributed by atoms with Crippen LogP contribution in [0, 0.1) is 0 Å². The number of para-hydroxylation sites is 2. The molecule has 2 atom stereocenters. The largest absolute Gasteiger partial charge is 0.497 e. The van der Waals surface area contributed by atoms with Gasteiger partial charge in [-0.15, -0.1) is 0 Å². The van der Waals surface area contributed by atoms with Gasteiger partial charge in [0, 0.05) is 11.6 Å². The molecule has 0 bridgehead atoms. The van der Waals surface area contributed by atoms with Gasteiger partial charge in [-0.05, 0) is 31.2 Å². The second kappa shape index (κ2) is 7.64. The van der Waals surface area contributed by atoms with E-state index in [4.69, 9.17) is 23.5 Å². The fourth-order valence-electron chi connectivity index (χ4n) is 2.90. The Hall–Kier alpha value is -3.48. The molecule has 7 nitrogen and oxygen atoms in total. The maximum Gasteiger partial charge on any atom is 0.351 e. The maximum absolute atomic E-state index is 12.4. The Morgan fingerprint density at radius 1 is 1.07 bits per heavy atom. The zero-order valence-electron chi connectivity index (χ0n) is 15.5. The van der Waals surface area contributed by atoms with Crippen molar-refractivity contribution in [3.8, 4) is 28.6 Å². The SMILES string of the molecule is COc1cccc(-c2cc(COC(=O)C3Oc4ccccc4OC3C)no2)c1. The first-order valence-corrected chi connectivity index (χ1v) is 8.83. The van der Waals surface area contributed by atoms with E-state index in [9.17, 15) is 4.79 Å². The number of nitrogens with zero attached hydrogens (tertiary/aromatic N) is 1. The van der Waals surface area contributed by atoms with Gasteiger partial charge in [-0.1, -0.05) is 29.4 Å². The Kier molecular flexibility index (Phi) is 4.89. The van der Waals surface area contributed by atoms with Crippen LogP contribution in [0.2, 0.25) is 0 Å². The van der Waals surface area contributed by atoms with Crippen molar-refractivity contribution in [1.82, 2.24) is 5.16 Å². The fourth-order valence-corrected chi connectivity index (χ4v) is 2.90. The molecule has 0 saturated heterocycles. The molecule has 0 saturated carbocycles. The van der Waals surface area contributed by atoms with Crippen molar-refractivity contribution in [2.24, 2.45) is 0 Å². The normalized spacial score (nSPS) is 17.8. The number of aromatic nitrogens is 1. The average Bonchev–Trinajstić information content (AvgIpc) is 3.20. The van der Waals surface area contributed by atoms with Crippen molar-refractivity contribution in [1.29, 1.82) is 0 Å². The number of rotatable bonds is 5. The summed E-state index contributed by atoms with van der Waals surface area (Å²) < 4.78 is 27.4. The van der Waals surface area contributed by atoms with E-state index in [1.165, 1.54) is 0 Å². The van der Waals surface area contributed by atoms with Crippen molar-refractivity contribution in [3.63, 3.8) is 0 Å². The molecule has 0 aliphatic carbocycles. The Morgan fingerprint density at radius 3 is 2.64 bits per heavy atom. The second-order valence-corrected chi connectivity index (χ2v) is 6.33. The molecule has 144 valence electrons. The molecule has 0 spiro atoms. The molecule has 0 radical (unpaired) electrons. The minimum atomic E-state index is -0.848. The highest BCUT2D eigenvalue weighted by atomic mass is 16.6. The zero-order valence-corrected chi connectivity index (χ0v) is 15.5. The van der Waals surface area contributed by atoms with Gasteiger partial charge in [0.05, 0.1) is 7.11 Å². The molecule has 0 amide bonds. The van der Waals surface area contributed by atoms with Gasteiger partial charge in [0.2, 0.25) is 6.10 Å². The van der Waals surface area contributed by atoms with Crippen LogP contribution in [0.15, 0.2) is 59.1 Å². The molecule has 2 aromatic carbocycles. The predicted octanol–water partition coefficient (Wildman–Crippen LogP) is 3.62. The van der Waals surface area contributed by atoms with Gasteiger partial charge in [0.1, 0.15) is 24.2 Å². The van der Waals surface area contributed by atoms with E-state index in [0.29, 0.717) is 28.7 Å². The van der Waals surface area contributed by atoms with E-state index in [1.807, 2.05) is 36.4 Å². The summed E-state index contributed by atoms with van der Waals surface area (Å²) in [5.74, 6) is 1.88. The number of ether oxygens (including phenoxy) is 4. The topological polar surface area (TPSA) is 80.0 Å². The number of carbonyl (C=O) groups excluding carboxylic acids is 1. The highest BCUT2D eigenvalue weighted by Gasteiger charge is 2.35. The molecule has 0 fully saturated rings. The number of fused-ring (bicyclic) bond motifs is 1. The Balaban J connectivity index is 1.40. The molecule has 2 unspecified atom stereocenters. The molecule has 1 aromatic heterocycles. The minimum Gasteiger partial charge on any atom is -0.497 e. The molecular formula is C21H19NO6. The van der Waals surface area contributed by atoms with E-state index in [2.05, 4.69) is 5.16 Å². The van der Waals surface area contributed by atoms with Crippen molar-refractivity contribution in [3.05, 3.63) is 60.3 Å². The van der Waals surface area contributed by atoms with E-state index >= 15 is 0 Å². The summed E-state index contributed by atoms with van der Waals surface area (Å²) in [6.07, 6.45) is -1.31. The molecule has 28 heavy (non-hydrogen) atoms. The van der Waals surface area contributed by atoms with Crippen molar-refractivity contribution in [2.45, 2.75) is 25.7 Å². The molecule has 7 heteroatoms. The summed E-state index contributed by atoms with van der Waals surface area (Å²) >= 11 is 0. The van der Waals surface area contributed by atoms with Crippen LogP contribution in [0.25, 0.3) is 11.3 Å². The summed E-state index contributed by atoms with van der Waals surface area (Å²) in [7, 11) is 1.60. The Bertz CT molecular complexity index is 982. The zero-order chi connectivity index (χ0) is 19.5. The van der Waals surface area contributed by atoms with Crippen LogP contribution in [-0.4, -0.2) is 30.4 Å². The smallest absolute Gasteiger partial charge is 0.351 e. The lowest BCUT2D eigenvalue weighted by Crippen LogP contribution is -2.44. The van der Waals surface area contributed by atoms with E-state index in [0.717, 1.165) is 5.56 Å².